The molecular weight excluding hydrogens is 614 g/mol. The third kappa shape index (κ3) is 12.2. The molecule has 0 aliphatic carbocycles. The first kappa shape index (κ1) is 39.5. The summed E-state index contributed by atoms with van der Waals surface area (Å²) in [5.41, 5.74) is 0.875. The van der Waals surface area contributed by atoms with Crippen LogP contribution in [-0.2, 0) is 24.0 Å². The van der Waals surface area contributed by atoms with Gasteiger partial charge >= 0.3 is 0 Å². The van der Waals surface area contributed by atoms with Crippen LogP contribution in [0.15, 0.2) is 48.9 Å². The topological polar surface area (TPSA) is 180 Å². The van der Waals surface area contributed by atoms with Crippen LogP contribution in [0.4, 0.5) is 0 Å². The van der Waals surface area contributed by atoms with Crippen LogP contribution in [0.5, 0.6) is 0 Å². The van der Waals surface area contributed by atoms with Gasteiger partial charge in [0.25, 0.3) is 11.8 Å². The van der Waals surface area contributed by atoms with Crippen LogP contribution in [0.1, 0.15) is 90.3 Å². The average molecular weight is 666 g/mol. The molecule has 5 amide bonds. The molecule has 1 heterocycles. The molecular formula is C35H51N7O6. The van der Waals surface area contributed by atoms with Crippen LogP contribution in [-0.4, -0.2) is 81.4 Å². The van der Waals surface area contributed by atoms with Gasteiger partial charge in [0.15, 0.2) is 0 Å². The molecule has 0 aliphatic rings. The monoisotopic (exact) mass is 665 g/mol. The summed E-state index contributed by atoms with van der Waals surface area (Å²) in [7, 11) is 0. The van der Waals surface area contributed by atoms with Crippen molar-refractivity contribution in [1.29, 1.82) is 0 Å². The van der Waals surface area contributed by atoms with Gasteiger partial charge in [0.05, 0.1) is 24.8 Å². The predicted octanol–water partition coefficient (Wildman–Crippen LogP) is 2.59. The van der Waals surface area contributed by atoms with E-state index < -0.39 is 59.5 Å². The van der Waals surface area contributed by atoms with Crippen molar-refractivity contribution in [2.24, 2.45) is 17.8 Å². The summed E-state index contributed by atoms with van der Waals surface area (Å²) in [5, 5.41) is 10.8. The molecule has 0 spiro atoms. The Morgan fingerprint density at radius 2 is 1.44 bits per heavy atom. The molecule has 2 rings (SSSR count). The normalized spacial score (nSPS) is 13.6. The summed E-state index contributed by atoms with van der Waals surface area (Å²) in [6.45, 7) is 14.3. The quantitative estimate of drug-likeness (QED) is 0.176. The zero-order chi connectivity index (χ0) is 36.0. The van der Waals surface area contributed by atoms with Crippen LogP contribution >= 0.6 is 0 Å². The predicted molar refractivity (Wildman–Crippen MR) is 181 cm³/mol. The van der Waals surface area contributed by atoms with Crippen molar-refractivity contribution in [1.82, 2.24) is 36.1 Å². The maximum Gasteiger partial charge on any atom is 0.290 e. The Kier molecular flexibility index (Phi) is 15.8. The van der Waals surface area contributed by atoms with E-state index >= 15 is 0 Å². The SMILES string of the molecule is CCC(NC(=O)CN(CCC(C)C)C(=O)[C@@H](NC(=O)[C@@H](NC(=O)c1cnccn1)C(C)C)C(C)C)C(=O)C(=O)N[C@@H](C)c1ccccc1. The highest BCUT2D eigenvalue weighted by Crippen LogP contribution is 2.13. The van der Waals surface area contributed by atoms with Crippen LogP contribution < -0.4 is 21.3 Å². The van der Waals surface area contributed by atoms with Crippen LogP contribution in [0, 0.1) is 17.8 Å². The molecule has 0 radical (unpaired) electrons. The Morgan fingerprint density at radius 1 is 0.792 bits per heavy atom. The third-order valence-electron chi connectivity index (χ3n) is 7.82. The lowest BCUT2D eigenvalue weighted by Crippen LogP contribution is -2.58. The van der Waals surface area contributed by atoms with Gasteiger partial charge in [0.1, 0.15) is 17.8 Å². The van der Waals surface area contributed by atoms with E-state index in [0.717, 1.165) is 5.56 Å². The number of ketones is 1. The lowest BCUT2D eigenvalue weighted by Gasteiger charge is -2.32. The third-order valence-corrected chi connectivity index (χ3v) is 7.82. The number of Topliss-reactive ketones (excluding diaryl/α,β-unsaturated/α-hetero) is 1. The molecule has 4 atom stereocenters. The number of amides is 5. The smallest absolute Gasteiger partial charge is 0.290 e. The maximum absolute atomic E-state index is 14.0. The molecule has 13 nitrogen and oxygen atoms in total. The Hall–Kier alpha value is -4.68. The van der Waals surface area contributed by atoms with E-state index in [1.54, 1.807) is 41.5 Å². The van der Waals surface area contributed by atoms with Gasteiger partial charge < -0.3 is 26.2 Å². The number of nitrogens with one attached hydrogen (secondary N) is 4. The number of nitrogens with zero attached hydrogens (tertiary/aromatic N) is 3. The minimum atomic E-state index is -1.09. The highest BCUT2D eigenvalue weighted by atomic mass is 16.2. The first-order chi connectivity index (χ1) is 22.7. The van der Waals surface area contributed by atoms with E-state index in [9.17, 15) is 28.8 Å². The molecule has 13 heteroatoms. The molecule has 0 fully saturated rings. The molecule has 1 aromatic carbocycles. The summed E-state index contributed by atoms with van der Waals surface area (Å²) >= 11 is 0. The Balaban J connectivity index is 2.16. The lowest BCUT2D eigenvalue weighted by atomic mass is 9.98. The first-order valence-corrected chi connectivity index (χ1v) is 16.5. The highest BCUT2D eigenvalue weighted by Gasteiger charge is 2.34. The minimum absolute atomic E-state index is 0.0466. The molecule has 48 heavy (non-hydrogen) atoms. The zero-order valence-electron chi connectivity index (χ0n) is 29.3. The number of aromatic nitrogens is 2. The summed E-state index contributed by atoms with van der Waals surface area (Å²) in [6.07, 6.45) is 4.83. The number of benzene rings is 1. The standard InChI is InChI=1S/C35H51N7O6/c1-9-26(31(44)34(47)38-24(8)25-13-11-10-12-14-25)39-28(43)20-42(18-15-21(2)3)35(48)30(23(6)7)41-33(46)29(22(4)5)40-32(45)27-19-36-16-17-37-27/h10-14,16-17,19,21-24,26,29-30H,9,15,18,20H2,1-8H3,(H,38,47)(H,39,43)(H,40,45)(H,41,46)/t24-,26?,29-,30-/m0/s1. The highest BCUT2D eigenvalue weighted by molar-refractivity contribution is 6.38. The molecule has 1 unspecified atom stereocenters. The van der Waals surface area contributed by atoms with E-state index in [4.69, 9.17) is 0 Å². The fraction of sp³-hybridized carbons (Fsp3) is 0.543. The first-order valence-electron chi connectivity index (χ1n) is 16.5. The Morgan fingerprint density at radius 3 is 1.98 bits per heavy atom. The molecule has 0 saturated carbocycles. The van der Waals surface area contributed by atoms with Crippen molar-refractivity contribution >= 4 is 35.3 Å². The second-order valence-electron chi connectivity index (χ2n) is 13.0. The van der Waals surface area contributed by atoms with E-state index in [2.05, 4.69) is 31.2 Å². The largest absolute Gasteiger partial charge is 0.344 e. The minimum Gasteiger partial charge on any atom is -0.344 e. The number of hydrogen-bond acceptors (Lipinski definition) is 8. The fourth-order valence-electron chi connectivity index (χ4n) is 4.82. The van der Waals surface area contributed by atoms with Gasteiger partial charge in [-0.15, -0.1) is 0 Å². The van der Waals surface area contributed by atoms with Crippen molar-refractivity contribution in [2.45, 2.75) is 92.4 Å². The Labute approximate surface area is 283 Å². The number of carbonyl (C=O) groups excluding carboxylic acids is 6. The van der Waals surface area contributed by atoms with Gasteiger partial charge in [0, 0.05) is 18.9 Å². The molecule has 2 aromatic rings. The number of carbonyl (C=O) groups is 6. The maximum atomic E-state index is 14.0. The van der Waals surface area contributed by atoms with E-state index in [1.807, 2.05) is 44.2 Å². The van der Waals surface area contributed by atoms with Crippen molar-refractivity contribution in [3.63, 3.8) is 0 Å². The van der Waals surface area contributed by atoms with Crippen LogP contribution in [0.25, 0.3) is 0 Å². The summed E-state index contributed by atoms with van der Waals surface area (Å²) in [4.78, 5) is 88.5. The molecule has 262 valence electrons. The molecule has 4 N–H and O–H groups in total. The molecule has 1 aromatic heterocycles. The van der Waals surface area contributed by atoms with Gasteiger partial charge in [-0.25, -0.2) is 4.98 Å². The van der Waals surface area contributed by atoms with Crippen LogP contribution in [0.2, 0.25) is 0 Å². The molecule has 0 saturated heterocycles. The van der Waals surface area contributed by atoms with Crippen molar-refractivity contribution in [3.8, 4) is 0 Å². The van der Waals surface area contributed by atoms with E-state index in [1.165, 1.54) is 23.5 Å². The van der Waals surface area contributed by atoms with Crippen molar-refractivity contribution in [3.05, 3.63) is 60.2 Å². The molecule has 0 bridgehead atoms. The second-order valence-corrected chi connectivity index (χ2v) is 13.0. The van der Waals surface area contributed by atoms with Crippen molar-refractivity contribution < 1.29 is 28.8 Å². The lowest BCUT2D eigenvalue weighted by molar-refractivity contribution is -0.142. The van der Waals surface area contributed by atoms with Gasteiger partial charge in [0.2, 0.25) is 23.5 Å². The van der Waals surface area contributed by atoms with Gasteiger partial charge in [-0.2, -0.15) is 0 Å². The van der Waals surface area contributed by atoms with Gasteiger partial charge in [-0.3, -0.25) is 33.8 Å². The van der Waals surface area contributed by atoms with Gasteiger partial charge in [-0.1, -0.05) is 78.8 Å². The summed E-state index contributed by atoms with van der Waals surface area (Å²) in [6, 6.07) is 5.69. The van der Waals surface area contributed by atoms with Crippen LogP contribution in [0.3, 0.4) is 0 Å². The van der Waals surface area contributed by atoms with E-state index in [0.29, 0.717) is 6.42 Å². The summed E-state index contributed by atoms with van der Waals surface area (Å²) in [5.74, 6) is -4.33. The number of hydrogen-bond donors (Lipinski definition) is 4. The molecule has 0 aliphatic heterocycles. The Bertz CT molecular complexity index is 1380. The van der Waals surface area contributed by atoms with Crippen molar-refractivity contribution in [2.75, 3.05) is 13.1 Å². The average Bonchev–Trinajstić information content (AvgIpc) is 3.06. The fourth-order valence-corrected chi connectivity index (χ4v) is 4.82. The summed E-state index contributed by atoms with van der Waals surface area (Å²) < 4.78 is 0. The number of rotatable bonds is 18. The van der Waals surface area contributed by atoms with Gasteiger partial charge in [-0.05, 0) is 43.1 Å². The van der Waals surface area contributed by atoms with E-state index in [-0.39, 0.29) is 43.0 Å². The zero-order valence-corrected chi connectivity index (χ0v) is 29.3. The second kappa shape index (κ2) is 19.2.